The number of halogens is 1. The lowest BCUT2D eigenvalue weighted by Crippen LogP contribution is -2.17. The molecule has 36 heavy (non-hydrogen) atoms. The van der Waals surface area contributed by atoms with E-state index in [1.54, 1.807) is 49.4 Å². The van der Waals surface area contributed by atoms with Gasteiger partial charge in [-0.15, -0.1) is 0 Å². The number of carbonyl (C=O) groups excluding carboxylic acids is 1. The molecule has 4 rings (SSSR count). The molecule has 9 heteroatoms. The molecular formula is C27H22ClN3O5. The zero-order valence-electron chi connectivity index (χ0n) is 19.2. The number of rotatable bonds is 8. The number of carboxylic acid groups (broad SMARTS) is 1. The Morgan fingerprint density at radius 2 is 1.67 bits per heavy atom. The standard InChI is InChI=1S/C27H22ClN3O5/c1-17(22-4-2-3-5-23(22)28)35-27(34)31-24-15-29-16-30-26(24)36-21-12-10-20(11-13-21)19-8-6-18(7-9-19)14-25(32)33/h2-13,15-17H,14H2,1H3,(H,31,34)(H,32,33). The van der Waals surface area contributed by atoms with Crippen LogP contribution in [0.4, 0.5) is 10.5 Å². The van der Waals surface area contributed by atoms with Crippen molar-refractivity contribution in [2.45, 2.75) is 19.4 Å². The molecule has 0 saturated heterocycles. The van der Waals surface area contributed by atoms with Gasteiger partial charge in [-0.2, -0.15) is 4.98 Å². The minimum Gasteiger partial charge on any atom is -0.481 e. The zero-order valence-corrected chi connectivity index (χ0v) is 20.0. The van der Waals surface area contributed by atoms with Crippen molar-refractivity contribution in [3.8, 4) is 22.8 Å². The predicted molar refractivity (Wildman–Crippen MR) is 135 cm³/mol. The van der Waals surface area contributed by atoms with E-state index in [-0.39, 0.29) is 18.0 Å². The summed E-state index contributed by atoms with van der Waals surface area (Å²) in [5.41, 5.74) is 3.53. The lowest BCUT2D eigenvalue weighted by atomic mass is 10.0. The third kappa shape index (κ3) is 6.37. The van der Waals surface area contributed by atoms with Crippen molar-refractivity contribution >= 4 is 29.4 Å². The highest BCUT2D eigenvalue weighted by atomic mass is 35.5. The van der Waals surface area contributed by atoms with Gasteiger partial charge in [0.25, 0.3) is 0 Å². The smallest absolute Gasteiger partial charge is 0.412 e. The van der Waals surface area contributed by atoms with E-state index < -0.39 is 18.2 Å². The van der Waals surface area contributed by atoms with Gasteiger partial charge in [0, 0.05) is 10.6 Å². The number of carboxylic acids is 1. The molecule has 8 nitrogen and oxygen atoms in total. The number of hydrogen-bond acceptors (Lipinski definition) is 6. The molecule has 182 valence electrons. The number of aromatic nitrogens is 2. The Morgan fingerprint density at radius 1 is 1.00 bits per heavy atom. The molecule has 0 aliphatic rings. The first kappa shape index (κ1) is 24.7. The molecule has 1 heterocycles. The Bertz CT molecular complexity index is 1360. The maximum Gasteiger partial charge on any atom is 0.412 e. The van der Waals surface area contributed by atoms with Crippen molar-refractivity contribution < 1.29 is 24.2 Å². The zero-order chi connectivity index (χ0) is 25.5. The molecule has 3 aromatic carbocycles. The van der Waals surface area contributed by atoms with Crippen LogP contribution in [-0.4, -0.2) is 27.1 Å². The normalized spacial score (nSPS) is 11.4. The summed E-state index contributed by atoms with van der Waals surface area (Å²) < 4.78 is 11.3. The third-order valence-electron chi connectivity index (χ3n) is 5.25. The third-order valence-corrected chi connectivity index (χ3v) is 5.60. The van der Waals surface area contributed by atoms with Crippen molar-refractivity contribution in [2.24, 2.45) is 0 Å². The van der Waals surface area contributed by atoms with E-state index in [0.29, 0.717) is 16.3 Å². The van der Waals surface area contributed by atoms with E-state index in [9.17, 15) is 9.59 Å². The molecule has 0 fully saturated rings. The van der Waals surface area contributed by atoms with Crippen LogP contribution in [0.1, 0.15) is 24.2 Å². The number of aliphatic carboxylic acids is 1. The first-order chi connectivity index (χ1) is 17.4. The summed E-state index contributed by atoms with van der Waals surface area (Å²) in [7, 11) is 0. The summed E-state index contributed by atoms with van der Waals surface area (Å²) in [5.74, 6) is -0.217. The van der Waals surface area contributed by atoms with Gasteiger partial charge in [-0.25, -0.2) is 9.78 Å². The van der Waals surface area contributed by atoms with Gasteiger partial charge < -0.3 is 14.6 Å². The highest BCUT2D eigenvalue weighted by molar-refractivity contribution is 6.31. The van der Waals surface area contributed by atoms with Crippen LogP contribution in [0.3, 0.4) is 0 Å². The van der Waals surface area contributed by atoms with Crippen LogP contribution in [0.25, 0.3) is 11.1 Å². The number of carbonyl (C=O) groups is 2. The molecule has 1 aromatic heterocycles. The number of amides is 1. The molecule has 0 saturated carbocycles. The minimum atomic E-state index is -0.869. The second-order valence-electron chi connectivity index (χ2n) is 7.83. The monoisotopic (exact) mass is 503 g/mol. The van der Waals surface area contributed by atoms with Crippen molar-refractivity contribution in [1.29, 1.82) is 0 Å². The summed E-state index contributed by atoms with van der Waals surface area (Å²) >= 11 is 6.18. The Morgan fingerprint density at radius 3 is 2.33 bits per heavy atom. The maximum absolute atomic E-state index is 12.5. The largest absolute Gasteiger partial charge is 0.481 e. The molecule has 0 spiro atoms. The first-order valence-corrected chi connectivity index (χ1v) is 11.4. The van der Waals surface area contributed by atoms with Gasteiger partial charge in [0.15, 0.2) is 0 Å². The molecule has 4 aromatic rings. The number of ether oxygens (including phenoxy) is 2. The highest BCUT2D eigenvalue weighted by Gasteiger charge is 2.17. The van der Waals surface area contributed by atoms with Crippen LogP contribution in [-0.2, 0) is 16.0 Å². The van der Waals surface area contributed by atoms with Crippen LogP contribution in [0.5, 0.6) is 11.6 Å². The van der Waals surface area contributed by atoms with Crippen LogP contribution < -0.4 is 10.1 Å². The number of nitrogens with zero attached hydrogens (tertiary/aromatic N) is 2. The van der Waals surface area contributed by atoms with E-state index in [1.165, 1.54) is 12.5 Å². The molecule has 1 amide bonds. The summed E-state index contributed by atoms with van der Waals surface area (Å²) in [6, 6.07) is 21.7. The average Bonchev–Trinajstić information content (AvgIpc) is 2.86. The highest BCUT2D eigenvalue weighted by Crippen LogP contribution is 2.30. The summed E-state index contributed by atoms with van der Waals surface area (Å²) in [6.45, 7) is 1.72. The van der Waals surface area contributed by atoms with E-state index in [1.807, 2.05) is 30.3 Å². The predicted octanol–water partition coefficient (Wildman–Crippen LogP) is 6.53. The number of benzene rings is 3. The fourth-order valence-electron chi connectivity index (χ4n) is 3.47. The number of hydrogen-bond donors (Lipinski definition) is 2. The minimum absolute atomic E-state index is 0.0190. The van der Waals surface area contributed by atoms with E-state index in [4.69, 9.17) is 26.2 Å². The molecular weight excluding hydrogens is 482 g/mol. The summed E-state index contributed by atoms with van der Waals surface area (Å²) in [6.07, 6.45) is 1.43. The van der Waals surface area contributed by atoms with Gasteiger partial charge in [0.1, 0.15) is 23.9 Å². The maximum atomic E-state index is 12.5. The van der Waals surface area contributed by atoms with Crippen LogP contribution >= 0.6 is 11.6 Å². The molecule has 1 unspecified atom stereocenters. The van der Waals surface area contributed by atoms with Gasteiger partial charge in [0.2, 0.25) is 5.88 Å². The molecule has 0 bridgehead atoms. The van der Waals surface area contributed by atoms with Crippen LogP contribution in [0.15, 0.2) is 85.3 Å². The topological polar surface area (TPSA) is 111 Å². The second kappa shape index (κ2) is 11.3. The first-order valence-electron chi connectivity index (χ1n) is 11.0. The fraction of sp³-hybridized carbons (Fsp3) is 0.111. The Kier molecular flexibility index (Phi) is 7.77. The summed E-state index contributed by atoms with van der Waals surface area (Å²) in [4.78, 5) is 31.4. The van der Waals surface area contributed by atoms with Crippen molar-refractivity contribution in [3.05, 3.63) is 101 Å². The second-order valence-corrected chi connectivity index (χ2v) is 8.24. The molecule has 0 radical (unpaired) electrons. The Balaban J connectivity index is 1.41. The number of nitrogens with one attached hydrogen (secondary N) is 1. The Hall–Kier alpha value is -4.43. The molecule has 0 aliphatic heterocycles. The average molecular weight is 504 g/mol. The SMILES string of the molecule is CC(OC(=O)Nc1cncnc1Oc1ccc(-c2ccc(CC(=O)O)cc2)cc1)c1ccccc1Cl. The molecule has 2 N–H and O–H groups in total. The van der Waals surface area contributed by atoms with Crippen molar-refractivity contribution in [1.82, 2.24) is 9.97 Å². The van der Waals surface area contributed by atoms with Crippen molar-refractivity contribution in [3.63, 3.8) is 0 Å². The van der Waals surface area contributed by atoms with Gasteiger partial charge in [-0.05, 0) is 41.8 Å². The van der Waals surface area contributed by atoms with Crippen molar-refractivity contribution in [2.75, 3.05) is 5.32 Å². The van der Waals surface area contributed by atoms with Crippen LogP contribution in [0.2, 0.25) is 5.02 Å². The van der Waals surface area contributed by atoms with E-state index in [2.05, 4.69) is 15.3 Å². The molecule has 0 aliphatic carbocycles. The lowest BCUT2D eigenvalue weighted by molar-refractivity contribution is -0.136. The molecule has 1 atom stereocenters. The van der Waals surface area contributed by atoms with Gasteiger partial charge >= 0.3 is 12.1 Å². The van der Waals surface area contributed by atoms with Gasteiger partial charge in [-0.3, -0.25) is 10.1 Å². The lowest BCUT2D eigenvalue weighted by Gasteiger charge is -2.16. The van der Waals surface area contributed by atoms with Gasteiger partial charge in [0.05, 0.1) is 12.6 Å². The number of anilines is 1. The fourth-order valence-corrected chi connectivity index (χ4v) is 3.76. The summed E-state index contributed by atoms with van der Waals surface area (Å²) in [5, 5.41) is 12.0. The quantitative estimate of drug-likeness (QED) is 0.281. The van der Waals surface area contributed by atoms with E-state index >= 15 is 0 Å². The van der Waals surface area contributed by atoms with Crippen LogP contribution in [0, 0.1) is 0 Å². The van der Waals surface area contributed by atoms with E-state index in [0.717, 1.165) is 16.7 Å². The van der Waals surface area contributed by atoms with Gasteiger partial charge in [-0.1, -0.05) is 66.2 Å². The Labute approximate surface area is 212 Å².